The Bertz CT molecular complexity index is 1440. The lowest BCUT2D eigenvalue weighted by molar-refractivity contribution is -0.117. The van der Waals surface area contributed by atoms with Crippen LogP contribution in [-0.2, 0) is 11.4 Å². The minimum Gasteiger partial charge on any atom is -0.488 e. The second kappa shape index (κ2) is 8.64. The molecule has 2 heterocycles. The van der Waals surface area contributed by atoms with Crippen molar-refractivity contribution in [3.05, 3.63) is 95.9 Å². The second-order valence-corrected chi connectivity index (χ2v) is 7.63. The molecule has 1 aliphatic heterocycles. The van der Waals surface area contributed by atoms with Crippen LogP contribution in [0.25, 0.3) is 16.9 Å². The highest BCUT2D eigenvalue weighted by atomic mass is 19.1. The van der Waals surface area contributed by atoms with Gasteiger partial charge >= 0.3 is 0 Å². The first-order chi connectivity index (χ1) is 16.6. The van der Waals surface area contributed by atoms with Gasteiger partial charge in [-0.05, 0) is 48.5 Å². The number of rotatable bonds is 5. The molecule has 0 saturated carbocycles. The van der Waals surface area contributed by atoms with Gasteiger partial charge in [-0.2, -0.15) is 10.4 Å². The topological polar surface area (TPSA) is 97.0 Å². The number of Topliss-reactive ketones (excluding diaryl/α,β-unsaturated/α-hetero) is 1. The number of anilines is 1. The number of carbonyl (C=O) groups is 2. The van der Waals surface area contributed by atoms with Crippen molar-refractivity contribution in [3.63, 3.8) is 0 Å². The van der Waals surface area contributed by atoms with Crippen LogP contribution in [0.15, 0.2) is 78.9 Å². The summed E-state index contributed by atoms with van der Waals surface area (Å²) in [5.74, 6) is -2.90. The zero-order valence-electron chi connectivity index (χ0n) is 17.7. The molecule has 166 valence electrons. The summed E-state index contributed by atoms with van der Waals surface area (Å²) in [6.45, 7) is 0.0348. The van der Waals surface area contributed by atoms with Crippen LogP contribution >= 0.6 is 0 Å². The predicted octanol–water partition coefficient (Wildman–Crippen LogP) is 4.53. The third-order valence-corrected chi connectivity index (χ3v) is 5.50. The second-order valence-electron chi connectivity index (χ2n) is 7.63. The van der Waals surface area contributed by atoms with Crippen molar-refractivity contribution in [2.24, 2.45) is 5.92 Å². The van der Waals surface area contributed by atoms with E-state index < -0.39 is 23.4 Å². The molecule has 8 heteroatoms. The van der Waals surface area contributed by atoms with E-state index in [1.54, 1.807) is 54.6 Å². The highest BCUT2D eigenvalue weighted by Crippen LogP contribution is 2.40. The number of ketones is 1. The van der Waals surface area contributed by atoms with E-state index in [9.17, 15) is 19.2 Å². The minimum atomic E-state index is -1.61. The Hall–Kier alpha value is -4.77. The van der Waals surface area contributed by atoms with Crippen molar-refractivity contribution in [2.75, 3.05) is 5.32 Å². The van der Waals surface area contributed by atoms with Crippen LogP contribution in [0.5, 0.6) is 5.75 Å². The molecule has 34 heavy (non-hydrogen) atoms. The maximum absolute atomic E-state index is 13.5. The largest absolute Gasteiger partial charge is 0.488 e. The maximum Gasteiger partial charge on any atom is 0.249 e. The molecule has 0 fully saturated rings. The van der Waals surface area contributed by atoms with Crippen LogP contribution in [0.4, 0.5) is 10.1 Å². The average Bonchev–Trinajstić information content (AvgIpc) is 3.26. The molecule has 0 saturated heterocycles. The van der Waals surface area contributed by atoms with Gasteiger partial charge in [0.25, 0.3) is 0 Å². The van der Waals surface area contributed by atoms with Gasteiger partial charge in [0.15, 0.2) is 5.92 Å². The SMILES string of the molecule is N#CC(C(=O)Nc1ccccc1)C(=O)c1nn(-c2ccc(F)cc2)c2c1COc1ccccc1-2. The standard InChI is InChI=1S/C26H17FN4O3/c27-16-10-12-18(13-11-16)31-24-19-8-4-5-9-22(19)34-15-21(24)23(30-31)25(32)20(14-28)26(33)29-17-6-2-1-3-7-17/h1-13,20H,15H2,(H,29,33). The van der Waals surface area contributed by atoms with E-state index in [4.69, 9.17) is 4.74 Å². The first-order valence-electron chi connectivity index (χ1n) is 10.5. The van der Waals surface area contributed by atoms with Crippen LogP contribution in [-0.4, -0.2) is 21.5 Å². The number of nitrogens with one attached hydrogen (secondary N) is 1. The lowest BCUT2D eigenvalue weighted by Gasteiger charge is -2.19. The molecule has 1 aliphatic rings. The summed E-state index contributed by atoms with van der Waals surface area (Å²) in [5, 5.41) is 16.8. The summed E-state index contributed by atoms with van der Waals surface area (Å²) in [6.07, 6.45) is 0. The van der Waals surface area contributed by atoms with E-state index in [0.29, 0.717) is 33.9 Å². The summed E-state index contributed by atoms with van der Waals surface area (Å²) in [6, 6.07) is 23.3. The molecule has 3 aromatic carbocycles. The summed E-state index contributed by atoms with van der Waals surface area (Å²) in [5.41, 5.74) is 2.70. The number of nitriles is 1. The smallest absolute Gasteiger partial charge is 0.249 e. The molecule has 1 atom stereocenters. The third-order valence-electron chi connectivity index (χ3n) is 5.50. The molecule has 0 radical (unpaired) electrons. The number of aromatic nitrogens is 2. The molecular formula is C26H17FN4O3. The molecule has 5 rings (SSSR count). The van der Waals surface area contributed by atoms with Gasteiger partial charge in [-0.25, -0.2) is 9.07 Å². The number of fused-ring (bicyclic) bond motifs is 3. The van der Waals surface area contributed by atoms with Gasteiger partial charge in [0.05, 0.1) is 17.5 Å². The van der Waals surface area contributed by atoms with Crippen molar-refractivity contribution in [3.8, 4) is 28.8 Å². The lowest BCUT2D eigenvalue weighted by Crippen LogP contribution is -2.29. The van der Waals surface area contributed by atoms with Gasteiger partial charge in [0.1, 0.15) is 23.9 Å². The molecule has 1 N–H and O–H groups in total. The van der Waals surface area contributed by atoms with Crippen LogP contribution in [0.2, 0.25) is 0 Å². The number of hydrogen-bond donors (Lipinski definition) is 1. The minimum absolute atomic E-state index is 0.0348. The number of amides is 1. The van der Waals surface area contributed by atoms with Crippen LogP contribution < -0.4 is 10.1 Å². The first-order valence-corrected chi connectivity index (χ1v) is 10.5. The van der Waals surface area contributed by atoms with Crippen molar-refractivity contribution < 1.29 is 18.7 Å². The molecule has 1 unspecified atom stereocenters. The Morgan fingerprint density at radius 1 is 1.03 bits per heavy atom. The summed E-state index contributed by atoms with van der Waals surface area (Å²) in [7, 11) is 0. The average molecular weight is 452 g/mol. The highest BCUT2D eigenvalue weighted by Gasteiger charge is 2.36. The van der Waals surface area contributed by atoms with Gasteiger partial charge < -0.3 is 10.1 Å². The molecule has 0 bridgehead atoms. The number of ether oxygens (including phenoxy) is 1. The summed E-state index contributed by atoms with van der Waals surface area (Å²) in [4.78, 5) is 26.2. The molecule has 4 aromatic rings. The maximum atomic E-state index is 13.5. The van der Waals surface area contributed by atoms with E-state index in [2.05, 4.69) is 10.4 Å². The predicted molar refractivity (Wildman–Crippen MR) is 122 cm³/mol. The number of nitrogens with zero attached hydrogens (tertiary/aromatic N) is 3. The highest BCUT2D eigenvalue weighted by molar-refractivity contribution is 6.15. The fraction of sp³-hybridized carbons (Fsp3) is 0.0769. The Morgan fingerprint density at radius 3 is 2.47 bits per heavy atom. The Balaban J connectivity index is 1.59. The number of carbonyl (C=O) groups excluding carboxylic acids is 2. The zero-order valence-corrected chi connectivity index (χ0v) is 17.7. The molecule has 7 nitrogen and oxygen atoms in total. The Morgan fingerprint density at radius 2 is 1.74 bits per heavy atom. The van der Waals surface area contributed by atoms with E-state index >= 15 is 0 Å². The number of benzene rings is 3. The van der Waals surface area contributed by atoms with Crippen molar-refractivity contribution >= 4 is 17.4 Å². The summed E-state index contributed by atoms with van der Waals surface area (Å²) < 4.78 is 20.9. The lowest BCUT2D eigenvalue weighted by atomic mass is 9.96. The van der Waals surface area contributed by atoms with E-state index in [0.717, 1.165) is 0 Å². The molecular weight excluding hydrogens is 435 g/mol. The first kappa shape index (κ1) is 21.1. The molecule has 1 amide bonds. The Labute approximate surface area is 194 Å². The van der Waals surface area contributed by atoms with Gasteiger partial charge in [-0.3, -0.25) is 9.59 Å². The van der Waals surface area contributed by atoms with Gasteiger partial charge in [0.2, 0.25) is 11.7 Å². The fourth-order valence-corrected chi connectivity index (χ4v) is 3.88. The summed E-state index contributed by atoms with van der Waals surface area (Å²) >= 11 is 0. The van der Waals surface area contributed by atoms with Crippen molar-refractivity contribution in [1.82, 2.24) is 9.78 Å². The molecule has 0 spiro atoms. The van der Waals surface area contributed by atoms with E-state index in [1.165, 1.54) is 16.8 Å². The van der Waals surface area contributed by atoms with Gasteiger partial charge in [0, 0.05) is 16.8 Å². The monoisotopic (exact) mass is 452 g/mol. The van der Waals surface area contributed by atoms with Crippen molar-refractivity contribution in [1.29, 1.82) is 5.26 Å². The molecule has 0 aliphatic carbocycles. The van der Waals surface area contributed by atoms with Crippen LogP contribution in [0, 0.1) is 23.1 Å². The zero-order chi connectivity index (χ0) is 23.7. The van der Waals surface area contributed by atoms with E-state index in [-0.39, 0.29) is 12.3 Å². The van der Waals surface area contributed by atoms with E-state index in [1.807, 2.05) is 18.2 Å². The van der Waals surface area contributed by atoms with Gasteiger partial charge in [-0.1, -0.05) is 30.3 Å². The van der Waals surface area contributed by atoms with Crippen LogP contribution in [0.1, 0.15) is 16.1 Å². The quantitative estimate of drug-likeness (QED) is 0.354. The van der Waals surface area contributed by atoms with Gasteiger partial charge in [-0.15, -0.1) is 0 Å². The molecule has 1 aromatic heterocycles. The van der Waals surface area contributed by atoms with Crippen molar-refractivity contribution in [2.45, 2.75) is 6.61 Å². The van der Waals surface area contributed by atoms with Crippen LogP contribution in [0.3, 0.4) is 0 Å². The fourth-order valence-electron chi connectivity index (χ4n) is 3.88. The number of para-hydroxylation sites is 2. The number of halogens is 1. The Kier molecular flexibility index (Phi) is 5.36. The third kappa shape index (κ3) is 3.69. The normalized spacial score (nSPS) is 12.5. The number of hydrogen-bond acceptors (Lipinski definition) is 5.